The Morgan fingerprint density at radius 2 is 1.15 bits per heavy atom. The Balaban J connectivity index is 0.000000238. The molecule has 0 saturated carbocycles. The van der Waals surface area contributed by atoms with Crippen LogP contribution in [0.1, 0.15) is 60.3 Å². The van der Waals surface area contributed by atoms with Crippen molar-refractivity contribution in [3.63, 3.8) is 0 Å². The summed E-state index contributed by atoms with van der Waals surface area (Å²) >= 11 is 0. The van der Waals surface area contributed by atoms with Crippen LogP contribution in [0.15, 0.2) is 140 Å². The predicted octanol–water partition coefficient (Wildman–Crippen LogP) is 11.3. The van der Waals surface area contributed by atoms with Gasteiger partial charge in [0.1, 0.15) is 0 Å². The summed E-state index contributed by atoms with van der Waals surface area (Å²) in [5.74, 6) is 0. The first-order chi connectivity index (χ1) is 22.0. The van der Waals surface area contributed by atoms with Gasteiger partial charge in [-0.25, -0.2) is 6.67 Å². The molecule has 5 heteroatoms. The van der Waals surface area contributed by atoms with Gasteiger partial charge in [0.15, 0.2) is 0 Å². The Kier molecular flexibility index (Phi) is 13.0. The van der Waals surface area contributed by atoms with E-state index in [0.29, 0.717) is 12.1 Å². The van der Waals surface area contributed by atoms with Crippen LogP contribution in [0.2, 0.25) is 0 Å². The standard InChI is InChI=1S/C27H26N2.C14H13N2.CH3.Ru.H/c1-20(24-15-7-11-22-9-3-5-13-26(22)24)28-17-18-29(19-28)21(2)25-16-8-12-23-10-4-6-14-27(23)25;15-13(11-7-3-1-4-8-11)14(16)12-9-5-2-6-10-12;;;/h3-17,19-21H,18H2,1-2H3;1-9,13-16H;1H3;;/q-2;-3;-1;+1;/t20-,21-;13-,14-;;;/m11.../s1. The van der Waals surface area contributed by atoms with Crippen LogP contribution in [0.3, 0.4) is 0 Å². The summed E-state index contributed by atoms with van der Waals surface area (Å²) in [5.41, 5.74) is 20.5. The van der Waals surface area contributed by atoms with Gasteiger partial charge in [-0.2, -0.15) is 35.9 Å². The van der Waals surface area contributed by atoms with Gasteiger partial charge in [-0.1, -0.05) is 121 Å². The molecule has 0 bridgehead atoms. The molecule has 1 radical (unpaired) electrons. The van der Waals surface area contributed by atoms with Crippen LogP contribution in [0.4, 0.5) is 0 Å². The molecule has 6 aromatic rings. The molecule has 0 aromatic heterocycles. The van der Waals surface area contributed by atoms with E-state index in [0.717, 1.165) is 17.7 Å². The Morgan fingerprint density at radius 3 is 1.74 bits per heavy atom. The molecule has 0 aliphatic carbocycles. The second-order valence-corrected chi connectivity index (χ2v) is 11.6. The van der Waals surface area contributed by atoms with Crippen LogP contribution in [0.5, 0.6) is 0 Å². The van der Waals surface area contributed by atoms with Gasteiger partial charge >= 0.3 is 19.5 Å². The first-order valence-corrected chi connectivity index (χ1v) is 15.6. The van der Waals surface area contributed by atoms with Crippen molar-refractivity contribution >= 4 is 21.5 Å². The second kappa shape index (κ2) is 16.9. The second-order valence-electron chi connectivity index (χ2n) is 11.6. The summed E-state index contributed by atoms with van der Waals surface area (Å²) in [7, 11) is 0. The van der Waals surface area contributed by atoms with Crippen LogP contribution in [-0.2, 0) is 19.5 Å². The van der Waals surface area contributed by atoms with E-state index >= 15 is 0 Å². The zero-order chi connectivity index (χ0) is 31.2. The van der Waals surface area contributed by atoms with Crippen LogP contribution < -0.4 is 0 Å². The van der Waals surface area contributed by atoms with E-state index in [1.54, 1.807) is 6.07 Å². The number of benzene rings is 6. The molecule has 7 rings (SSSR count). The monoisotopic (exact) mass is 705 g/mol. The van der Waals surface area contributed by atoms with E-state index in [1.807, 2.05) is 48.5 Å². The molecule has 0 unspecified atom stereocenters. The molecule has 1 heterocycles. The zero-order valence-corrected chi connectivity index (χ0v) is 29.1. The summed E-state index contributed by atoms with van der Waals surface area (Å²) in [6.45, 7) is 10.1. The number of hydrogen-bond donors (Lipinski definition) is 0. The molecule has 6 aromatic carbocycles. The fourth-order valence-corrected chi connectivity index (χ4v) is 6.17. The summed E-state index contributed by atoms with van der Waals surface area (Å²) < 4.78 is 0. The molecular weight excluding hydrogens is 662 g/mol. The normalized spacial score (nSPS) is 15.8. The SMILES string of the molecule is C[C@H](c1cccc2ccccc12)N1[CH-]CN([C@H](C)c2cccc3ccccc23)[CH-]1.[CH3-].[NH-][C@H](c1[c-]cccc1)[C@H]([NH-])c1ccccc1.[RuH+]. The van der Waals surface area contributed by atoms with Crippen LogP contribution in [-0.4, -0.2) is 16.3 Å². The molecule has 244 valence electrons. The van der Waals surface area contributed by atoms with Gasteiger partial charge in [0.05, 0.1) is 0 Å². The van der Waals surface area contributed by atoms with Crippen molar-refractivity contribution in [1.29, 1.82) is 0 Å². The summed E-state index contributed by atoms with van der Waals surface area (Å²) in [6, 6.07) is 50.0. The third kappa shape index (κ3) is 8.24. The Labute approximate surface area is 294 Å². The van der Waals surface area contributed by atoms with Crippen molar-refractivity contribution in [3.8, 4) is 0 Å². The van der Waals surface area contributed by atoms with Crippen molar-refractivity contribution < 1.29 is 19.5 Å². The Hall–Kier alpha value is -3.70. The van der Waals surface area contributed by atoms with Gasteiger partial charge in [-0.15, -0.1) is 18.6 Å². The van der Waals surface area contributed by atoms with Crippen LogP contribution in [0, 0.1) is 26.7 Å². The minimum atomic E-state index is -0.580. The van der Waals surface area contributed by atoms with Gasteiger partial charge in [-0.05, 0) is 52.6 Å². The van der Waals surface area contributed by atoms with E-state index in [4.69, 9.17) is 11.5 Å². The van der Waals surface area contributed by atoms with Gasteiger partial charge in [0, 0.05) is 6.04 Å². The van der Waals surface area contributed by atoms with Gasteiger partial charge < -0.3 is 28.7 Å². The fourth-order valence-electron chi connectivity index (χ4n) is 6.17. The fraction of sp³-hybridized carbons (Fsp3) is 0.167. The molecule has 4 nitrogen and oxygen atoms in total. The first kappa shape index (κ1) is 36.1. The Bertz CT molecular complexity index is 1680. The van der Waals surface area contributed by atoms with Crippen molar-refractivity contribution in [1.82, 2.24) is 9.80 Å². The average molecular weight is 705 g/mol. The van der Waals surface area contributed by atoms with E-state index in [1.165, 1.54) is 32.7 Å². The quantitative estimate of drug-likeness (QED) is 0.123. The summed E-state index contributed by atoms with van der Waals surface area (Å²) in [4.78, 5) is 4.80. The molecule has 4 atom stereocenters. The third-order valence-corrected chi connectivity index (χ3v) is 8.84. The topological polar surface area (TPSA) is 54.1 Å². The van der Waals surface area contributed by atoms with Crippen LogP contribution >= 0.6 is 0 Å². The first-order valence-electron chi connectivity index (χ1n) is 15.6. The van der Waals surface area contributed by atoms with E-state index in [9.17, 15) is 0 Å². The number of fused-ring (bicyclic) bond motifs is 2. The summed E-state index contributed by atoms with van der Waals surface area (Å²) in [6.07, 6.45) is 0. The van der Waals surface area contributed by atoms with Gasteiger partial charge in [0.25, 0.3) is 0 Å². The molecule has 1 aliphatic heterocycles. The molecular formula is C42H43N4Ru-5. The zero-order valence-electron chi connectivity index (χ0n) is 27.2. The molecule has 1 fully saturated rings. The molecule has 0 amide bonds. The Morgan fingerprint density at radius 1 is 0.617 bits per heavy atom. The van der Waals surface area contributed by atoms with E-state index in [2.05, 4.69) is 128 Å². The molecule has 1 saturated heterocycles. The summed E-state index contributed by atoms with van der Waals surface area (Å²) in [5, 5.41) is 5.29. The van der Waals surface area contributed by atoms with Crippen LogP contribution in [0.25, 0.3) is 33.0 Å². The van der Waals surface area contributed by atoms with Crippen molar-refractivity contribution in [2.45, 2.75) is 38.0 Å². The number of hydrogen-bond acceptors (Lipinski definition) is 2. The maximum atomic E-state index is 8.05. The van der Waals surface area contributed by atoms with E-state index < -0.39 is 12.1 Å². The van der Waals surface area contributed by atoms with Gasteiger partial charge in [0.2, 0.25) is 0 Å². The molecule has 1 aliphatic rings. The van der Waals surface area contributed by atoms with Crippen molar-refractivity contribution in [2.24, 2.45) is 0 Å². The minimum absolute atomic E-state index is 0. The van der Waals surface area contributed by atoms with Gasteiger partial charge in [-0.3, -0.25) is 6.54 Å². The van der Waals surface area contributed by atoms with Crippen molar-refractivity contribution in [2.75, 3.05) is 6.54 Å². The number of rotatable bonds is 7. The molecule has 2 N–H and O–H groups in total. The molecule has 0 spiro atoms. The maximum absolute atomic E-state index is 8.05. The molecule has 47 heavy (non-hydrogen) atoms. The number of nitrogens with one attached hydrogen (secondary N) is 2. The average Bonchev–Trinajstić information content (AvgIpc) is 3.61. The predicted molar refractivity (Wildman–Crippen MR) is 196 cm³/mol. The number of nitrogens with zero attached hydrogens (tertiary/aromatic N) is 2. The third-order valence-electron chi connectivity index (χ3n) is 8.84. The van der Waals surface area contributed by atoms with Crippen molar-refractivity contribution in [3.05, 3.63) is 200 Å². The van der Waals surface area contributed by atoms with E-state index in [-0.39, 0.29) is 26.9 Å².